The molecular weight excluding hydrogens is 214 g/mol. The van der Waals surface area contributed by atoms with Crippen molar-refractivity contribution in [2.45, 2.75) is 13.0 Å². The normalized spacial score (nSPS) is 14.1. The molecule has 14 heavy (non-hydrogen) atoms. The lowest BCUT2D eigenvalue weighted by Gasteiger charge is -2.12. The molecule has 0 fully saturated rings. The predicted octanol–water partition coefficient (Wildman–Crippen LogP) is -0.765. The molecule has 0 saturated carbocycles. The summed E-state index contributed by atoms with van der Waals surface area (Å²) in [6, 6.07) is 0. The first kappa shape index (κ1) is 12.8. The van der Waals surface area contributed by atoms with Crippen molar-refractivity contribution in [3.63, 3.8) is 0 Å². The lowest BCUT2D eigenvalue weighted by Crippen LogP contribution is -2.35. The van der Waals surface area contributed by atoms with E-state index in [0.717, 1.165) is 0 Å². The Morgan fingerprint density at radius 3 is 2.50 bits per heavy atom. The Morgan fingerprint density at radius 2 is 2.14 bits per heavy atom. The zero-order valence-corrected chi connectivity index (χ0v) is 8.28. The first-order valence-electron chi connectivity index (χ1n) is 3.67. The van der Waals surface area contributed by atoms with Crippen LogP contribution in [0.4, 0.5) is 4.79 Å². The number of ether oxygens (including phenoxy) is 2. The number of nitrogens with two attached hydrogens (primary N) is 1. The van der Waals surface area contributed by atoms with Crippen LogP contribution in [0, 0.1) is 0 Å². The standard InChI is InChI=1S/C6H11NO6S/c1-2-12-5(8)4(3-14(10)11)13-6(7)9/h4H,2-3H2,1H3,(H2,7,9)(H,10,11). The van der Waals surface area contributed by atoms with Gasteiger partial charge in [0.1, 0.15) is 0 Å². The second-order valence-electron chi connectivity index (χ2n) is 2.17. The zero-order chi connectivity index (χ0) is 11.1. The van der Waals surface area contributed by atoms with Gasteiger partial charge >= 0.3 is 12.1 Å². The Labute approximate surface area is 82.8 Å². The number of hydrogen-bond donors (Lipinski definition) is 2. The number of esters is 1. The van der Waals surface area contributed by atoms with E-state index < -0.39 is 35.0 Å². The van der Waals surface area contributed by atoms with Crippen LogP contribution in [0.15, 0.2) is 0 Å². The highest BCUT2D eigenvalue weighted by molar-refractivity contribution is 7.79. The molecule has 7 nitrogen and oxygen atoms in total. The molecule has 0 aromatic carbocycles. The Morgan fingerprint density at radius 1 is 1.57 bits per heavy atom. The van der Waals surface area contributed by atoms with Gasteiger partial charge in [-0.2, -0.15) is 0 Å². The Balaban J connectivity index is 4.29. The van der Waals surface area contributed by atoms with E-state index in [1.807, 2.05) is 0 Å². The monoisotopic (exact) mass is 225 g/mol. The summed E-state index contributed by atoms with van der Waals surface area (Å²) in [5.41, 5.74) is 4.65. The topological polar surface area (TPSA) is 116 Å². The van der Waals surface area contributed by atoms with Crippen LogP contribution >= 0.6 is 0 Å². The van der Waals surface area contributed by atoms with Crippen LogP contribution in [0.1, 0.15) is 6.92 Å². The van der Waals surface area contributed by atoms with E-state index in [-0.39, 0.29) is 6.61 Å². The maximum absolute atomic E-state index is 11.0. The maximum atomic E-state index is 11.0. The quantitative estimate of drug-likeness (QED) is 0.469. The molecular formula is C6H11NO6S. The zero-order valence-electron chi connectivity index (χ0n) is 7.47. The largest absolute Gasteiger partial charge is 0.463 e. The van der Waals surface area contributed by atoms with Gasteiger partial charge < -0.3 is 19.8 Å². The van der Waals surface area contributed by atoms with Gasteiger partial charge in [0.15, 0.2) is 11.1 Å². The average molecular weight is 225 g/mol. The van der Waals surface area contributed by atoms with E-state index >= 15 is 0 Å². The minimum Gasteiger partial charge on any atom is -0.463 e. The second-order valence-corrected chi connectivity index (χ2v) is 3.14. The Kier molecular flexibility index (Phi) is 5.81. The van der Waals surface area contributed by atoms with E-state index in [2.05, 4.69) is 15.2 Å². The number of hydrogen-bond acceptors (Lipinski definition) is 5. The molecule has 0 saturated heterocycles. The molecule has 0 radical (unpaired) electrons. The van der Waals surface area contributed by atoms with Crippen LogP contribution in [-0.4, -0.2) is 39.3 Å². The highest BCUT2D eigenvalue weighted by atomic mass is 32.2. The third kappa shape index (κ3) is 5.49. The van der Waals surface area contributed by atoms with E-state index in [4.69, 9.17) is 4.55 Å². The molecule has 2 atom stereocenters. The fourth-order valence-corrected chi connectivity index (χ4v) is 1.12. The van der Waals surface area contributed by atoms with Crippen LogP contribution in [0.25, 0.3) is 0 Å². The van der Waals surface area contributed by atoms with E-state index in [0.29, 0.717) is 0 Å². The molecule has 8 heteroatoms. The van der Waals surface area contributed by atoms with Gasteiger partial charge in [0.2, 0.25) is 6.10 Å². The SMILES string of the molecule is CCOC(=O)C(CS(=O)O)OC(N)=O. The summed E-state index contributed by atoms with van der Waals surface area (Å²) in [6.07, 6.45) is -2.63. The van der Waals surface area contributed by atoms with Crippen molar-refractivity contribution in [1.82, 2.24) is 0 Å². The Bertz CT molecular complexity index is 226. The van der Waals surface area contributed by atoms with Gasteiger partial charge in [0.25, 0.3) is 0 Å². The second kappa shape index (κ2) is 6.33. The molecule has 1 amide bonds. The molecule has 0 rings (SSSR count). The summed E-state index contributed by atoms with van der Waals surface area (Å²) in [4.78, 5) is 21.3. The van der Waals surface area contributed by atoms with E-state index in [9.17, 15) is 13.8 Å². The smallest absolute Gasteiger partial charge is 0.405 e. The summed E-state index contributed by atoms with van der Waals surface area (Å²) in [6.45, 7) is 1.63. The van der Waals surface area contributed by atoms with Crippen molar-refractivity contribution in [1.29, 1.82) is 0 Å². The molecule has 82 valence electrons. The van der Waals surface area contributed by atoms with Gasteiger partial charge in [-0.1, -0.05) is 0 Å². The van der Waals surface area contributed by atoms with E-state index in [1.54, 1.807) is 6.92 Å². The van der Waals surface area contributed by atoms with Crippen molar-refractivity contribution in [2.75, 3.05) is 12.4 Å². The number of carbonyl (C=O) groups excluding carboxylic acids is 2. The molecule has 0 aliphatic rings. The molecule has 0 aliphatic heterocycles. The van der Waals surface area contributed by atoms with Gasteiger partial charge in [-0.3, -0.25) is 0 Å². The van der Waals surface area contributed by atoms with Crippen molar-refractivity contribution >= 4 is 23.1 Å². The highest BCUT2D eigenvalue weighted by Gasteiger charge is 2.25. The van der Waals surface area contributed by atoms with Gasteiger partial charge in [-0.05, 0) is 6.92 Å². The average Bonchev–Trinajstić information content (AvgIpc) is 2.01. The third-order valence-corrected chi connectivity index (χ3v) is 1.69. The third-order valence-electron chi connectivity index (χ3n) is 1.10. The fraction of sp³-hybridized carbons (Fsp3) is 0.667. The predicted molar refractivity (Wildman–Crippen MR) is 46.7 cm³/mol. The number of amides is 1. The first-order chi connectivity index (χ1) is 6.47. The van der Waals surface area contributed by atoms with Gasteiger partial charge in [-0.15, -0.1) is 0 Å². The van der Waals surface area contributed by atoms with Crippen molar-refractivity contribution in [3.8, 4) is 0 Å². The minimum absolute atomic E-state index is 0.0789. The van der Waals surface area contributed by atoms with Crippen LogP contribution in [0.2, 0.25) is 0 Å². The van der Waals surface area contributed by atoms with Crippen molar-refractivity contribution in [3.05, 3.63) is 0 Å². The maximum Gasteiger partial charge on any atom is 0.405 e. The van der Waals surface area contributed by atoms with Crippen molar-refractivity contribution in [2.24, 2.45) is 5.73 Å². The lowest BCUT2D eigenvalue weighted by molar-refractivity contribution is -0.151. The van der Waals surface area contributed by atoms with Crippen LogP contribution < -0.4 is 5.73 Å². The summed E-state index contributed by atoms with van der Waals surface area (Å²) < 4.78 is 27.6. The van der Waals surface area contributed by atoms with E-state index in [1.165, 1.54) is 0 Å². The lowest BCUT2D eigenvalue weighted by atomic mass is 10.4. The summed E-state index contributed by atoms with van der Waals surface area (Å²) in [7, 11) is 0. The molecule has 0 bridgehead atoms. The number of carbonyl (C=O) groups is 2. The van der Waals surface area contributed by atoms with Crippen LogP contribution in [-0.2, 0) is 25.3 Å². The molecule has 0 aromatic heterocycles. The van der Waals surface area contributed by atoms with Gasteiger partial charge in [-0.25, -0.2) is 13.8 Å². The number of primary amides is 1. The molecule has 2 unspecified atom stereocenters. The fourth-order valence-electron chi connectivity index (χ4n) is 0.655. The first-order valence-corrected chi connectivity index (χ1v) is 4.95. The number of rotatable bonds is 5. The highest BCUT2D eigenvalue weighted by Crippen LogP contribution is 1.98. The van der Waals surface area contributed by atoms with Crippen molar-refractivity contribution < 1.29 is 27.8 Å². The minimum atomic E-state index is -2.27. The summed E-state index contributed by atoms with van der Waals surface area (Å²) in [5, 5.41) is 0. The molecule has 0 aromatic rings. The Hall–Kier alpha value is -1.15. The summed E-state index contributed by atoms with van der Waals surface area (Å²) >= 11 is -2.27. The van der Waals surface area contributed by atoms with Crippen LogP contribution in [0.3, 0.4) is 0 Å². The van der Waals surface area contributed by atoms with Gasteiger partial charge in [0, 0.05) is 0 Å². The van der Waals surface area contributed by atoms with Gasteiger partial charge in [0.05, 0.1) is 12.4 Å². The summed E-state index contributed by atoms with van der Waals surface area (Å²) in [5.74, 6) is -1.45. The molecule has 0 spiro atoms. The molecule has 0 aliphatic carbocycles. The molecule has 0 heterocycles. The van der Waals surface area contributed by atoms with Crippen LogP contribution in [0.5, 0.6) is 0 Å². The molecule has 3 N–H and O–H groups in total.